The maximum atomic E-state index is 14.0. The molecule has 1 N–H and O–H groups in total. The molecule has 1 amide bonds. The number of nitrogens with zero attached hydrogens (tertiary/aromatic N) is 1. The van der Waals surface area contributed by atoms with Crippen molar-refractivity contribution in [2.75, 3.05) is 20.2 Å². The molecule has 0 radical (unpaired) electrons. The van der Waals surface area contributed by atoms with Gasteiger partial charge >= 0.3 is 0 Å². The average Bonchev–Trinajstić information content (AvgIpc) is 3.24. The first kappa shape index (κ1) is 21.2. The van der Waals surface area contributed by atoms with Crippen molar-refractivity contribution in [2.24, 2.45) is 0 Å². The molecule has 1 heterocycles. The van der Waals surface area contributed by atoms with Gasteiger partial charge in [-0.15, -0.1) is 0 Å². The number of para-hydroxylation sites is 1. The molecule has 2 aromatic carbocycles. The Hall–Kier alpha value is -2.47. The fourth-order valence-electron chi connectivity index (χ4n) is 4.07. The van der Waals surface area contributed by atoms with Crippen LogP contribution < -0.4 is 10.1 Å². The predicted octanol–water partition coefficient (Wildman–Crippen LogP) is 4.25. The van der Waals surface area contributed by atoms with Gasteiger partial charge in [-0.1, -0.05) is 24.3 Å². The van der Waals surface area contributed by atoms with Gasteiger partial charge in [-0.25, -0.2) is 8.78 Å². The summed E-state index contributed by atoms with van der Waals surface area (Å²) in [6.07, 6.45) is 2.31. The highest BCUT2D eigenvalue weighted by molar-refractivity contribution is 5.80. The first-order chi connectivity index (χ1) is 13.8. The molecule has 1 atom stereocenters. The van der Waals surface area contributed by atoms with Crippen LogP contribution in [0.2, 0.25) is 0 Å². The van der Waals surface area contributed by atoms with Crippen molar-refractivity contribution in [3.63, 3.8) is 0 Å². The van der Waals surface area contributed by atoms with Gasteiger partial charge in [0.25, 0.3) is 0 Å². The van der Waals surface area contributed by atoms with Crippen molar-refractivity contribution in [3.8, 4) is 5.75 Å². The summed E-state index contributed by atoms with van der Waals surface area (Å²) in [5.74, 6) is -1.36. The minimum absolute atomic E-state index is 0.139. The smallest absolute Gasteiger partial charge is 0.225 e. The maximum Gasteiger partial charge on any atom is 0.225 e. The lowest BCUT2D eigenvalue weighted by molar-refractivity contribution is -0.122. The van der Waals surface area contributed by atoms with Crippen molar-refractivity contribution >= 4 is 5.91 Å². The molecule has 6 heteroatoms. The summed E-state index contributed by atoms with van der Waals surface area (Å²) < 4.78 is 32.8. The minimum Gasteiger partial charge on any atom is -0.496 e. The Morgan fingerprint density at radius 1 is 1.14 bits per heavy atom. The molecule has 0 bridgehead atoms. The van der Waals surface area contributed by atoms with Gasteiger partial charge in [0.2, 0.25) is 5.91 Å². The third-order valence-corrected chi connectivity index (χ3v) is 5.75. The molecular weight excluding hydrogens is 374 g/mol. The zero-order chi connectivity index (χ0) is 21.0. The molecule has 1 aliphatic rings. The van der Waals surface area contributed by atoms with Crippen LogP contribution in [0.4, 0.5) is 8.78 Å². The molecule has 1 saturated heterocycles. The van der Waals surface area contributed by atoms with E-state index in [4.69, 9.17) is 4.74 Å². The lowest BCUT2D eigenvalue weighted by Gasteiger charge is -2.42. The number of carbonyl (C=O) groups is 1. The molecule has 156 valence electrons. The molecule has 0 spiro atoms. The van der Waals surface area contributed by atoms with Crippen LogP contribution in [0, 0.1) is 11.6 Å². The Morgan fingerprint density at radius 3 is 2.48 bits per heavy atom. The average molecular weight is 402 g/mol. The number of rotatable bonds is 7. The molecule has 1 aliphatic heterocycles. The SMILES string of the molecule is COc1ccccc1CC(=O)NC(c1ccc(F)c(F)c1)C(C)(C)N1CCCC1. The van der Waals surface area contributed by atoms with Crippen LogP contribution in [0.15, 0.2) is 42.5 Å². The Morgan fingerprint density at radius 2 is 1.83 bits per heavy atom. The van der Waals surface area contributed by atoms with E-state index >= 15 is 0 Å². The zero-order valence-corrected chi connectivity index (χ0v) is 17.2. The van der Waals surface area contributed by atoms with Gasteiger partial charge in [-0.2, -0.15) is 0 Å². The molecule has 0 aromatic heterocycles. The van der Waals surface area contributed by atoms with Crippen LogP contribution in [-0.2, 0) is 11.2 Å². The minimum atomic E-state index is -0.913. The molecule has 2 aromatic rings. The van der Waals surface area contributed by atoms with Gasteiger partial charge in [0, 0.05) is 11.1 Å². The summed E-state index contributed by atoms with van der Waals surface area (Å²) >= 11 is 0. The van der Waals surface area contributed by atoms with Gasteiger partial charge in [-0.3, -0.25) is 9.69 Å². The van der Waals surface area contributed by atoms with Crippen molar-refractivity contribution in [1.82, 2.24) is 10.2 Å². The van der Waals surface area contributed by atoms with Gasteiger partial charge in [-0.05, 0) is 63.5 Å². The second-order valence-corrected chi connectivity index (χ2v) is 8.01. The monoisotopic (exact) mass is 402 g/mol. The highest BCUT2D eigenvalue weighted by Crippen LogP contribution is 2.34. The molecule has 3 rings (SSSR count). The number of ether oxygens (including phenoxy) is 1. The van der Waals surface area contributed by atoms with Crippen LogP contribution in [0.1, 0.15) is 43.9 Å². The second-order valence-electron chi connectivity index (χ2n) is 8.01. The van der Waals surface area contributed by atoms with Gasteiger partial charge in [0.15, 0.2) is 11.6 Å². The van der Waals surface area contributed by atoms with E-state index < -0.39 is 23.2 Å². The standard InChI is InChI=1S/C23H28F2N2O2/c1-23(2,27-12-6-7-13-27)22(17-10-11-18(24)19(25)14-17)26-21(28)15-16-8-4-5-9-20(16)29-3/h4-5,8-11,14,22H,6-7,12-13,15H2,1-3H3,(H,26,28). The van der Waals surface area contributed by atoms with Crippen molar-refractivity contribution < 1.29 is 18.3 Å². The van der Waals surface area contributed by atoms with Crippen molar-refractivity contribution in [1.29, 1.82) is 0 Å². The number of halogens is 2. The number of amides is 1. The second kappa shape index (κ2) is 8.91. The Kier molecular flexibility index (Phi) is 6.52. The highest BCUT2D eigenvalue weighted by Gasteiger charge is 2.39. The lowest BCUT2D eigenvalue weighted by Crippen LogP contribution is -2.53. The third kappa shape index (κ3) is 4.75. The lowest BCUT2D eigenvalue weighted by atomic mass is 9.86. The molecule has 1 fully saturated rings. The van der Waals surface area contributed by atoms with Crippen LogP contribution in [-0.4, -0.2) is 36.5 Å². The Bertz CT molecular complexity index is 864. The van der Waals surface area contributed by atoms with Crippen molar-refractivity contribution in [3.05, 3.63) is 65.2 Å². The summed E-state index contributed by atoms with van der Waals surface area (Å²) in [5.41, 5.74) is 0.863. The summed E-state index contributed by atoms with van der Waals surface area (Å²) in [4.78, 5) is 15.2. The third-order valence-electron chi connectivity index (χ3n) is 5.75. The molecule has 0 aliphatic carbocycles. The fourth-order valence-corrected chi connectivity index (χ4v) is 4.07. The van der Waals surface area contributed by atoms with Crippen LogP contribution >= 0.6 is 0 Å². The van der Waals surface area contributed by atoms with Crippen LogP contribution in [0.5, 0.6) is 5.75 Å². The normalized spacial score (nSPS) is 15.9. The van der Waals surface area contributed by atoms with Crippen LogP contribution in [0.3, 0.4) is 0 Å². The summed E-state index contributed by atoms with van der Waals surface area (Å²) in [6, 6.07) is 10.7. The van der Waals surface area contributed by atoms with E-state index in [1.54, 1.807) is 13.2 Å². The van der Waals surface area contributed by atoms with E-state index in [0.29, 0.717) is 11.3 Å². The Labute approximate surface area is 170 Å². The van der Waals surface area contributed by atoms with Gasteiger partial charge < -0.3 is 10.1 Å². The van der Waals surface area contributed by atoms with Gasteiger partial charge in [0.05, 0.1) is 19.6 Å². The number of likely N-dealkylation sites (tertiary alicyclic amines) is 1. The maximum absolute atomic E-state index is 14.0. The van der Waals surface area contributed by atoms with E-state index in [9.17, 15) is 13.6 Å². The first-order valence-corrected chi connectivity index (χ1v) is 9.94. The molecule has 0 saturated carbocycles. The fraction of sp³-hybridized carbons (Fsp3) is 0.435. The van der Waals surface area contributed by atoms with E-state index in [1.807, 2.05) is 38.1 Å². The number of hydrogen-bond donors (Lipinski definition) is 1. The number of benzene rings is 2. The molecule has 1 unspecified atom stereocenters. The number of hydrogen-bond acceptors (Lipinski definition) is 3. The highest BCUT2D eigenvalue weighted by atomic mass is 19.2. The van der Waals surface area contributed by atoms with Crippen LogP contribution in [0.25, 0.3) is 0 Å². The number of methoxy groups -OCH3 is 1. The van der Waals surface area contributed by atoms with E-state index in [1.165, 1.54) is 6.07 Å². The van der Waals surface area contributed by atoms with E-state index in [0.717, 1.165) is 37.6 Å². The Balaban J connectivity index is 1.88. The molecule has 4 nitrogen and oxygen atoms in total. The summed E-state index contributed by atoms with van der Waals surface area (Å²) in [6.45, 7) is 5.90. The van der Waals surface area contributed by atoms with E-state index in [2.05, 4.69) is 10.2 Å². The van der Waals surface area contributed by atoms with Gasteiger partial charge in [0.1, 0.15) is 5.75 Å². The zero-order valence-electron chi connectivity index (χ0n) is 17.2. The number of carbonyl (C=O) groups excluding carboxylic acids is 1. The largest absolute Gasteiger partial charge is 0.496 e. The first-order valence-electron chi connectivity index (χ1n) is 9.94. The number of nitrogens with one attached hydrogen (secondary N) is 1. The summed E-state index contributed by atoms with van der Waals surface area (Å²) in [5, 5.41) is 3.07. The van der Waals surface area contributed by atoms with E-state index in [-0.39, 0.29) is 12.3 Å². The summed E-state index contributed by atoms with van der Waals surface area (Å²) in [7, 11) is 1.57. The molecule has 29 heavy (non-hydrogen) atoms. The topological polar surface area (TPSA) is 41.6 Å². The quantitative estimate of drug-likeness (QED) is 0.753. The van der Waals surface area contributed by atoms with Crippen molar-refractivity contribution in [2.45, 2.75) is 44.7 Å². The predicted molar refractivity (Wildman–Crippen MR) is 109 cm³/mol. The molecular formula is C23H28F2N2O2.